The van der Waals surface area contributed by atoms with E-state index in [0.29, 0.717) is 25.5 Å². The third-order valence-corrected chi connectivity index (χ3v) is 7.25. The number of esters is 1. The van der Waals surface area contributed by atoms with Gasteiger partial charge in [0.1, 0.15) is 5.54 Å². The number of para-hydroxylation sites is 1. The van der Waals surface area contributed by atoms with Gasteiger partial charge in [0.05, 0.1) is 13.0 Å². The number of carbonyl (C=O) groups is 2. The molecule has 2 fully saturated rings. The summed E-state index contributed by atoms with van der Waals surface area (Å²) in [6.07, 6.45) is 6.49. The van der Waals surface area contributed by atoms with Crippen molar-refractivity contribution in [3.05, 3.63) is 65.7 Å². The Morgan fingerprint density at radius 3 is 2.36 bits per heavy atom. The van der Waals surface area contributed by atoms with Crippen LogP contribution in [0.4, 0.5) is 5.69 Å². The molecule has 4 rings (SSSR count). The van der Waals surface area contributed by atoms with Crippen LogP contribution in [0.3, 0.4) is 0 Å². The topological polar surface area (TPSA) is 49.9 Å². The molecule has 1 heterocycles. The molecule has 33 heavy (non-hydrogen) atoms. The van der Waals surface area contributed by atoms with Gasteiger partial charge in [-0.15, -0.1) is 0 Å². The van der Waals surface area contributed by atoms with Crippen molar-refractivity contribution in [3.8, 4) is 0 Å². The molecule has 1 aliphatic carbocycles. The monoisotopic (exact) mass is 448 g/mol. The Morgan fingerprint density at radius 1 is 1.03 bits per heavy atom. The average Bonchev–Trinajstić information content (AvgIpc) is 3.35. The smallest absolute Gasteiger partial charge is 0.332 e. The van der Waals surface area contributed by atoms with Gasteiger partial charge in [0, 0.05) is 24.8 Å². The maximum atomic E-state index is 13.9. The zero-order valence-corrected chi connectivity index (χ0v) is 20.0. The Morgan fingerprint density at radius 2 is 1.73 bits per heavy atom. The average molecular weight is 449 g/mol. The van der Waals surface area contributed by atoms with Crippen LogP contribution in [0.2, 0.25) is 0 Å². The van der Waals surface area contributed by atoms with Crippen molar-refractivity contribution < 1.29 is 14.3 Å². The van der Waals surface area contributed by atoms with Gasteiger partial charge in [-0.2, -0.15) is 0 Å². The number of hydrogen-bond donors (Lipinski definition) is 0. The van der Waals surface area contributed by atoms with Crippen molar-refractivity contribution in [3.63, 3.8) is 0 Å². The second kappa shape index (κ2) is 10.5. The van der Waals surface area contributed by atoms with Crippen molar-refractivity contribution in [2.24, 2.45) is 0 Å². The van der Waals surface area contributed by atoms with Gasteiger partial charge < -0.3 is 9.64 Å². The zero-order valence-electron chi connectivity index (χ0n) is 20.0. The van der Waals surface area contributed by atoms with Crippen LogP contribution in [0, 0.1) is 6.92 Å². The molecule has 0 aromatic heterocycles. The number of benzene rings is 2. The number of likely N-dealkylation sites (tertiary alicyclic amines) is 1. The summed E-state index contributed by atoms with van der Waals surface area (Å²) < 4.78 is 5.62. The van der Waals surface area contributed by atoms with Crippen molar-refractivity contribution >= 4 is 17.6 Å². The van der Waals surface area contributed by atoms with Crippen LogP contribution in [0.1, 0.15) is 56.6 Å². The molecule has 0 N–H and O–H groups in total. The second-order valence-corrected chi connectivity index (χ2v) is 9.46. The fourth-order valence-electron chi connectivity index (χ4n) is 5.60. The van der Waals surface area contributed by atoms with E-state index in [2.05, 4.69) is 4.90 Å². The van der Waals surface area contributed by atoms with Gasteiger partial charge in [-0.25, -0.2) is 4.79 Å². The van der Waals surface area contributed by atoms with Gasteiger partial charge in [-0.3, -0.25) is 9.69 Å². The van der Waals surface area contributed by atoms with Crippen LogP contribution in [0.5, 0.6) is 0 Å². The Labute approximate surface area is 197 Å². The first-order chi connectivity index (χ1) is 16.0. The minimum absolute atomic E-state index is 0.0610. The van der Waals surface area contributed by atoms with Gasteiger partial charge in [-0.1, -0.05) is 60.9 Å². The lowest BCUT2D eigenvalue weighted by molar-refractivity contribution is -0.153. The van der Waals surface area contributed by atoms with Crippen molar-refractivity contribution in [1.82, 2.24) is 4.90 Å². The van der Waals surface area contributed by atoms with E-state index < -0.39 is 5.54 Å². The van der Waals surface area contributed by atoms with Crippen LogP contribution in [-0.2, 0) is 20.7 Å². The normalized spacial score (nSPS) is 18.7. The lowest BCUT2D eigenvalue weighted by atomic mass is 9.83. The predicted octanol–water partition coefficient (Wildman–Crippen LogP) is 4.91. The molecule has 2 aliphatic rings. The highest BCUT2D eigenvalue weighted by Crippen LogP contribution is 2.37. The summed E-state index contributed by atoms with van der Waals surface area (Å²) in [5.74, 6) is -0.341. The van der Waals surface area contributed by atoms with E-state index >= 15 is 0 Å². The van der Waals surface area contributed by atoms with Gasteiger partial charge in [-0.05, 0) is 57.2 Å². The van der Waals surface area contributed by atoms with Crippen LogP contribution in [0.15, 0.2) is 54.6 Å². The molecular formula is C28H36N2O3. The summed E-state index contributed by atoms with van der Waals surface area (Å²) in [6.45, 7) is 5.79. The van der Waals surface area contributed by atoms with Crippen LogP contribution in [0.25, 0.3) is 0 Å². The highest BCUT2D eigenvalue weighted by molar-refractivity contribution is 6.03. The molecule has 0 spiro atoms. The molecule has 176 valence electrons. The molecule has 1 amide bonds. The van der Waals surface area contributed by atoms with Crippen molar-refractivity contribution in [2.45, 2.75) is 70.4 Å². The maximum Gasteiger partial charge on any atom is 0.332 e. The molecule has 0 bridgehead atoms. The molecule has 0 unspecified atom stereocenters. The Kier molecular flexibility index (Phi) is 7.49. The lowest BCUT2D eigenvalue weighted by Crippen LogP contribution is -2.63. The van der Waals surface area contributed by atoms with E-state index in [1.807, 2.05) is 68.4 Å². The van der Waals surface area contributed by atoms with Gasteiger partial charge in [0.25, 0.3) is 0 Å². The fraction of sp³-hybridized carbons (Fsp3) is 0.500. The molecule has 2 aromatic rings. The molecule has 1 saturated carbocycles. The molecule has 0 radical (unpaired) electrons. The number of anilines is 1. The maximum absolute atomic E-state index is 13.9. The molecule has 1 saturated heterocycles. The number of aryl methyl sites for hydroxylation is 1. The summed E-state index contributed by atoms with van der Waals surface area (Å²) in [6, 6.07) is 18.3. The minimum Gasteiger partial charge on any atom is -0.464 e. The molecule has 5 nitrogen and oxygen atoms in total. The molecule has 1 aliphatic heterocycles. The predicted molar refractivity (Wildman–Crippen MR) is 131 cm³/mol. The number of piperidine rings is 1. The van der Waals surface area contributed by atoms with Gasteiger partial charge in [0.2, 0.25) is 5.91 Å². The summed E-state index contributed by atoms with van der Waals surface area (Å²) in [7, 11) is 0. The van der Waals surface area contributed by atoms with Gasteiger partial charge >= 0.3 is 5.97 Å². The highest BCUT2D eigenvalue weighted by atomic mass is 16.5. The summed E-state index contributed by atoms with van der Waals surface area (Å²) in [5.41, 5.74) is 1.87. The van der Waals surface area contributed by atoms with Crippen LogP contribution < -0.4 is 4.90 Å². The molecule has 2 aromatic carbocycles. The summed E-state index contributed by atoms with van der Waals surface area (Å²) in [5, 5.41) is 0. The number of nitrogens with zero attached hydrogens (tertiary/aromatic N) is 2. The zero-order chi connectivity index (χ0) is 23.3. The first kappa shape index (κ1) is 23.5. The third-order valence-electron chi connectivity index (χ3n) is 7.25. The van der Waals surface area contributed by atoms with E-state index in [1.165, 1.54) is 25.7 Å². The van der Waals surface area contributed by atoms with Crippen LogP contribution >= 0.6 is 0 Å². The van der Waals surface area contributed by atoms with Crippen LogP contribution in [-0.4, -0.2) is 48.1 Å². The van der Waals surface area contributed by atoms with E-state index in [0.717, 1.165) is 29.9 Å². The Bertz CT molecular complexity index is 945. The Balaban J connectivity index is 1.67. The first-order valence-corrected chi connectivity index (χ1v) is 12.4. The quantitative estimate of drug-likeness (QED) is 0.565. The number of amides is 1. The number of carbonyl (C=O) groups excluding carboxylic acids is 2. The summed E-state index contributed by atoms with van der Waals surface area (Å²) in [4.78, 5) is 31.7. The molecular weight excluding hydrogens is 412 g/mol. The lowest BCUT2D eigenvalue weighted by Gasteiger charge is -2.48. The second-order valence-electron chi connectivity index (χ2n) is 9.46. The number of hydrogen-bond acceptors (Lipinski definition) is 4. The fourth-order valence-corrected chi connectivity index (χ4v) is 5.60. The highest BCUT2D eigenvalue weighted by Gasteiger charge is 2.50. The number of rotatable bonds is 7. The Hall–Kier alpha value is -2.66. The molecule has 5 heteroatoms. The van der Waals surface area contributed by atoms with E-state index in [4.69, 9.17) is 4.74 Å². The number of ether oxygens (including phenoxy) is 1. The van der Waals surface area contributed by atoms with Gasteiger partial charge in [0.15, 0.2) is 0 Å². The van der Waals surface area contributed by atoms with E-state index in [-0.39, 0.29) is 18.3 Å². The van der Waals surface area contributed by atoms with E-state index in [9.17, 15) is 9.59 Å². The standard InChI is InChI=1S/C28H36N2O3/c1-3-33-27(32)28(16-18-29(19-17-28)24-12-7-8-13-24)30(25-14-5-4-6-15-25)26(31)21-23-11-9-10-22(2)20-23/h4-6,9-11,14-15,20,24H,3,7-8,12-13,16-19,21H2,1-2H3. The van der Waals surface area contributed by atoms with Crippen molar-refractivity contribution in [1.29, 1.82) is 0 Å². The SMILES string of the molecule is CCOC(=O)C1(N(C(=O)Cc2cccc(C)c2)c2ccccc2)CCN(C2CCCC2)CC1. The molecule has 0 atom stereocenters. The summed E-state index contributed by atoms with van der Waals surface area (Å²) >= 11 is 0. The minimum atomic E-state index is -0.979. The third kappa shape index (κ3) is 5.14. The first-order valence-electron chi connectivity index (χ1n) is 12.4. The van der Waals surface area contributed by atoms with E-state index in [1.54, 1.807) is 4.90 Å². The van der Waals surface area contributed by atoms with Crippen molar-refractivity contribution in [2.75, 3.05) is 24.6 Å². The largest absolute Gasteiger partial charge is 0.464 e.